The minimum atomic E-state index is -1.90. The highest BCUT2D eigenvalue weighted by molar-refractivity contribution is 6.58. The van der Waals surface area contributed by atoms with E-state index in [1.165, 1.54) is 16.8 Å². The number of nitrogen functional groups attached to an aromatic ring is 1. The van der Waals surface area contributed by atoms with Crippen LogP contribution >= 0.6 is 0 Å². The number of carbonyl (C=O) groups excluding carboxylic acids is 4. The average Bonchev–Trinajstić information content (AvgIpc) is 3.31. The zero-order valence-electron chi connectivity index (χ0n) is 39.6. The minimum absolute atomic E-state index is 0.0689. The summed E-state index contributed by atoms with van der Waals surface area (Å²) in [5, 5.41) is 45.3. The van der Waals surface area contributed by atoms with Gasteiger partial charge in [-0.2, -0.15) is 0 Å². The van der Waals surface area contributed by atoms with Crippen LogP contribution in [0.2, 0.25) is 0 Å². The maximum absolute atomic E-state index is 13.6. The predicted molar refractivity (Wildman–Crippen MR) is 263 cm³/mol. The Kier molecular flexibility index (Phi) is 20.7. The highest BCUT2D eigenvalue weighted by Crippen LogP contribution is 2.24. The van der Waals surface area contributed by atoms with Crippen LogP contribution in [0.25, 0.3) is 11.3 Å². The zero-order valence-corrected chi connectivity index (χ0v) is 39.6. The number of esters is 2. The van der Waals surface area contributed by atoms with Crippen LogP contribution in [0, 0.1) is 15.5 Å². The van der Waals surface area contributed by atoms with Gasteiger partial charge in [-0.1, -0.05) is 54.6 Å². The molecule has 1 aromatic heterocycles. The normalized spacial score (nSPS) is 10.7. The lowest BCUT2D eigenvalue weighted by Gasteiger charge is -2.17. The van der Waals surface area contributed by atoms with Crippen molar-refractivity contribution in [2.45, 2.75) is 39.6 Å². The number of carbonyl (C=O) groups is 4. The first-order valence-corrected chi connectivity index (χ1v) is 21.7. The Morgan fingerprint density at radius 3 is 2.03 bits per heavy atom. The van der Waals surface area contributed by atoms with Crippen molar-refractivity contribution in [1.82, 2.24) is 30.0 Å². The molecular weight excluding hydrogens is 907 g/mol. The largest absolute Gasteiger partial charge is 0.488 e. The number of likely N-dealkylation sites (N-methyl/N-ethyl adjacent to an activating group) is 2. The summed E-state index contributed by atoms with van der Waals surface area (Å²) in [5.41, 5.74) is 8.12. The first-order chi connectivity index (χ1) is 33.2. The minimum Gasteiger partial charge on any atom is -0.461 e. The lowest BCUT2D eigenvalue weighted by molar-refractivity contribution is -0.384. The molecule has 70 heavy (non-hydrogen) atoms. The van der Waals surface area contributed by atoms with Gasteiger partial charge in [0.05, 0.1) is 27.9 Å². The number of non-ortho nitro benzene ring substituents is 1. The van der Waals surface area contributed by atoms with Crippen LogP contribution in [0.3, 0.4) is 0 Å². The second kappa shape index (κ2) is 26.5. The van der Waals surface area contributed by atoms with Crippen molar-refractivity contribution in [2.24, 2.45) is 0 Å². The molecule has 0 bridgehead atoms. The van der Waals surface area contributed by atoms with Gasteiger partial charge in [0, 0.05) is 54.6 Å². The topological polar surface area (TPSA) is 307 Å². The monoisotopic (exact) mass is 964 g/mol. The van der Waals surface area contributed by atoms with E-state index < -0.39 is 47.2 Å². The lowest BCUT2D eigenvalue weighted by Crippen LogP contribution is -2.35. The smallest absolute Gasteiger partial charge is 0.461 e. The number of rotatable bonds is 20. The molecule has 0 saturated heterocycles. The summed E-state index contributed by atoms with van der Waals surface area (Å²) in [4.78, 5) is 81.5. The molecule has 0 spiro atoms. The van der Waals surface area contributed by atoms with Crippen molar-refractivity contribution in [2.75, 3.05) is 65.5 Å². The van der Waals surface area contributed by atoms with Gasteiger partial charge in [-0.05, 0) is 82.9 Å². The van der Waals surface area contributed by atoms with Gasteiger partial charge in [0.25, 0.3) is 11.2 Å². The average molecular weight is 965 g/mol. The van der Waals surface area contributed by atoms with Crippen molar-refractivity contribution < 1.29 is 48.4 Å². The summed E-state index contributed by atoms with van der Waals surface area (Å²) in [6, 6.07) is 23.6. The number of aromatic nitrogens is 2. The summed E-state index contributed by atoms with van der Waals surface area (Å²) < 4.78 is 16.8. The Labute approximate surface area is 404 Å². The summed E-state index contributed by atoms with van der Waals surface area (Å²) in [6.45, 7) is 4.95. The highest BCUT2D eigenvalue weighted by atomic mass is 16.6. The Balaban J connectivity index is 0.000000445. The Morgan fingerprint density at radius 1 is 0.843 bits per heavy atom. The fraction of sp³-hybridized carbons (Fsp3) is 0.298. The third kappa shape index (κ3) is 17.6. The molecule has 5 rings (SSSR count). The number of nitro benzene ring substituents is 1. The molecule has 23 heteroatoms. The molecule has 0 saturated carbocycles. The maximum Gasteiger partial charge on any atom is 0.488 e. The first kappa shape index (κ1) is 54.6. The first-order valence-electron chi connectivity index (χ1n) is 21.7. The molecule has 0 radical (unpaired) electrons. The molecule has 0 aliphatic heterocycles. The third-order valence-electron chi connectivity index (χ3n) is 9.67. The van der Waals surface area contributed by atoms with E-state index in [1.807, 2.05) is 68.1 Å². The fourth-order valence-electron chi connectivity index (χ4n) is 6.10. The van der Waals surface area contributed by atoms with Crippen LogP contribution in [0.4, 0.5) is 22.0 Å². The van der Waals surface area contributed by atoms with Crippen LogP contribution in [0.15, 0.2) is 102 Å². The van der Waals surface area contributed by atoms with E-state index in [4.69, 9.17) is 35.4 Å². The van der Waals surface area contributed by atoms with E-state index in [9.17, 15) is 34.1 Å². The van der Waals surface area contributed by atoms with E-state index in [0.717, 1.165) is 29.3 Å². The van der Waals surface area contributed by atoms with Gasteiger partial charge in [0.1, 0.15) is 32.2 Å². The Bertz CT molecular complexity index is 2680. The number of benzene rings is 4. The molecule has 0 atom stereocenters. The number of anilines is 2. The van der Waals surface area contributed by atoms with Crippen LogP contribution in [-0.4, -0.2) is 132 Å². The summed E-state index contributed by atoms with van der Waals surface area (Å²) in [7, 11) is 5.44. The lowest BCUT2D eigenvalue weighted by atomic mass is 9.79. The number of hydrogen-bond donors (Lipinski definition) is 7. The van der Waals surface area contributed by atoms with Gasteiger partial charge in [0.2, 0.25) is 5.91 Å². The fourth-order valence-corrected chi connectivity index (χ4v) is 6.10. The van der Waals surface area contributed by atoms with E-state index >= 15 is 0 Å². The van der Waals surface area contributed by atoms with Crippen LogP contribution in [0.1, 0.15) is 51.3 Å². The van der Waals surface area contributed by atoms with E-state index in [0.29, 0.717) is 24.2 Å². The van der Waals surface area contributed by atoms with Crippen LogP contribution < -0.4 is 32.7 Å². The van der Waals surface area contributed by atoms with E-state index in [1.54, 1.807) is 50.5 Å². The molecule has 8 N–H and O–H groups in total. The molecule has 0 unspecified atom stereocenters. The SMILES string of the molecule is CC(C)Nc1ncc(-c2cc(N)cc(C(=O)OCCN(C)C)c2)n(CC(=O)NCc2ccc(C(=N)NC(=O)OCc3ccccc3)cc2)c1=O.CN(C)CCOC(=O)c1cc(B(O)O)cc([N+](=O)[O-])c1. The van der Waals surface area contributed by atoms with Gasteiger partial charge < -0.3 is 50.4 Å². The molecule has 5 aromatic rings. The molecule has 0 fully saturated rings. The maximum atomic E-state index is 13.6. The summed E-state index contributed by atoms with van der Waals surface area (Å²) >= 11 is 0. The quantitative estimate of drug-likeness (QED) is 0.00862. The summed E-state index contributed by atoms with van der Waals surface area (Å²) in [6.07, 6.45) is 0.705. The second-order valence-electron chi connectivity index (χ2n) is 16.4. The van der Waals surface area contributed by atoms with Crippen molar-refractivity contribution in [3.63, 3.8) is 0 Å². The van der Waals surface area contributed by atoms with Crippen LogP contribution in [0.5, 0.6) is 0 Å². The van der Waals surface area contributed by atoms with Crippen molar-refractivity contribution >= 4 is 59.5 Å². The standard InChI is InChI=1S/C36H42N8O6.C11H15BN2O6/c1-23(2)41-33-34(46)44(30(20-40-33)27-16-28(18-29(37)17-27)35(47)49-15-14-43(3)4)21-31(45)39-19-24-10-12-26(13-11-24)32(38)42-36(48)50-22-25-8-6-5-7-9-25;1-13(2)3-4-20-11(15)8-5-9(12(16)17)7-10(6-8)14(18)19/h5-13,16-18,20,23H,14-15,19,21-22,37H2,1-4H3,(H,39,45)(H,40,41)(H2,38,42,48);5-7,16-17H,3-4H2,1-2H3. The number of ether oxygens (including phenoxy) is 3. The van der Waals surface area contributed by atoms with E-state index in [-0.39, 0.29) is 78.6 Å². The van der Waals surface area contributed by atoms with Gasteiger partial charge in [-0.25, -0.2) is 19.4 Å². The molecule has 0 aliphatic rings. The molecule has 4 aromatic carbocycles. The molecule has 370 valence electrons. The van der Waals surface area contributed by atoms with Crippen molar-refractivity contribution in [3.8, 4) is 11.3 Å². The molecule has 0 aliphatic carbocycles. The second-order valence-corrected chi connectivity index (χ2v) is 16.4. The zero-order chi connectivity index (χ0) is 51.5. The van der Waals surface area contributed by atoms with Crippen LogP contribution in [-0.2, 0) is 38.7 Å². The number of amidine groups is 1. The number of amides is 2. The van der Waals surface area contributed by atoms with Gasteiger partial charge in [-0.3, -0.25) is 35.0 Å². The van der Waals surface area contributed by atoms with Gasteiger partial charge in [0.15, 0.2) is 5.82 Å². The number of hydrogen-bond acceptors (Lipinski definition) is 18. The number of alkyl carbamates (subject to hydrolysis) is 1. The summed E-state index contributed by atoms with van der Waals surface area (Å²) in [5.74, 6) is -1.85. The van der Waals surface area contributed by atoms with Gasteiger partial charge in [-0.15, -0.1) is 0 Å². The Hall–Kier alpha value is -7.99. The molecular formula is C47H57BN10O12. The number of nitrogens with two attached hydrogens (primary N) is 1. The number of nitrogens with one attached hydrogen (secondary N) is 4. The van der Waals surface area contributed by atoms with Crippen molar-refractivity contribution in [1.29, 1.82) is 5.41 Å². The number of nitro groups is 1. The molecule has 2 amide bonds. The molecule has 1 heterocycles. The van der Waals surface area contributed by atoms with Gasteiger partial charge >= 0.3 is 25.2 Å². The third-order valence-corrected chi connectivity index (χ3v) is 9.67. The molecule has 22 nitrogen and oxygen atoms in total. The predicted octanol–water partition coefficient (Wildman–Crippen LogP) is 2.59. The Morgan fingerprint density at radius 2 is 1.46 bits per heavy atom. The van der Waals surface area contributed by atoms with E-state index in [2.05, 4.69) is 20.9 Å². The highest BCUT2D eigenvalue weighted by Gasteiger charge is 2.22. The number of nitrogens with zero attached hydrogens (tertiary/aromatic N) is 5. The van der Waals surface area contributed by atoms with Crippen molar-refractivity contribution in [3.05, 3.63) is 145 Å².